The standard InChI is InChI=1S/C21H23ClN4O2/c22-16-6-7-19-17(11-16)15(12-24-19)8-9-23-20(27)13-26-21(28)10-14-4-2-1-3-5-18(14)25-26/h6-7,10-12,24H,1-5,8-9,13H2,(H,23,27). The van der Waals surface area contributed by atoms with E-state index in [4.69, 9.17) is 11.6 Å². The summed E-state index contributed by atoms with van der Waals surface area (Å²) in [4.78, 5) is 27.8. The number of carbonyl (C=O) groups excluding carboxylic acids is 1. The van der Waals surface area contributed by atoms with Gasteiger partial charge in [-0.15, -0.1) is 0 Å². The van der Waals surface area contributed by atoms with Crippen LogP contribution in [0.2, 0.25) is 5.02 Å². The van der Waals surface area contributed by atoms with Crippen molar-refractivity contribution < 1.29 is 4.79 Å². The first kappa shape index (κ1) is 18.7. The highest BCUT2D eigenvalue weighted by Crippen LogP contribution is 2.22. The molecule has 146 valence electrons. The summed E-state index contributed by atoms with van der Waals surface area (Å²) in [6.07, 6.45) is 7.73. The van der Waals surface area contributed by atoms with E-state index in [1.54, 1.807) is 6.07 Å². The second-order valence-electron chi connectivity index (χ2n) is 7.28. The van der Waals surface area contributed by atoms with Gasteiger partial charge >= 0.3 is 0 Å². The molecule has 2 aromatic heterocycles. The van der Waals surface area contributed by atoms with Gasteiger partial charge in [0.25, 0.3) is 5.56 Å². The Morgan fingerprint density at radius 1 is 1.21 bits per heavy atom. The van der Waals surface area contributed by atoms with Crippen molar-refractivity contribution in [1.82, 2.24) is 20.1 Å². The molecule has 7 heteroatoms. The van der Waals surface area contributed by atoms with Gasteiger partial charge in [-0.3, -0.25) is 9.59 Å². The molecule has 0 saturated carbocycles. The van der Waals surface area contributed by atoms with Crippen molar-refractivity contribution in [3.8, 4) is 0 Å². The molecule has 6 nitrogen and oxygen atoms in total. The third-order valence-corrected chi connectivity index (χ3v) is 5.50. The van der Waals surface area contributed by atoms with Gasteiger partial charge in [0, 0.05) is 34.7 Å². The average Bonchev–Trinajstić information content (AvgIpc) is 2.92. The summed E-state index contributed by atoms with van der Waals surface area (Å²) in [5.41, 5.74) is 3.91. The number of aromatic amines is 1. The lowest BCUT2D eigenvalue weighted by Crippen LogP contribution is -2.35. The van der Waals surface area contributed by atoms with Crippen LogP contribution < -0.4 is 10.9 Å². The lowest BCUT2D eigenvalue weighted by Gasteiger charge is -2.10. The molecule has 1 aliphatic rings. The van der Waals surface area contributed by atoms with E-state index in [1.807, 2.05) is 24.4 Å². The third kappa shape index (κ3) is 4.12. The number of hydrogen-bond donors (Lipinski definition) is 2. The lowest BCUT2D eigenvalue weighted by atomic mass is 10.1. The van der Waals surface area contributed by atoms with Crippen molar-refractivity contribution in [2.75, 3.05) is 6.54 Å². The van der Waals surface area contributed by atoms with Gasteiger partial charge in [-0.25, -0.2) is 4.68 Å². The molecule has 4 rings (SSSR count). The number of benzene rings is 1. The van der Waals surface area contributed by atoms with E-state index < -0.39 is 0 Å². The molecular formula is C21H23ClN4O2. The van der Waals surface area contributed by atoms with E-state index in [0.29, 0.717) is 18.0 Å². The fourth-order valence-electron chi connectivity index (χ4n) is 3.78. The van der Waals surface area contributed by atoms with Gasteiger partial charge in [-0.2, -0.15) is 5.10 Å². The molecule has 0 fully saturated rings. The quantitative estimate of drug-likeness (QED) is 0.648. The predicted octanol–water partition coefficient (Wildman–Crippen LogP) is 3.01. The summed E-state index contributed by atoms with van der Waals surface area (Å²) in [6.45, 7) is 0.434. The van der Waals surface area contributed by atoms with Gasteiger partial charge in [-0.1, -0.05) is 18.0 Å². The predicted molar refractivity (Wildman–Crippen MR) is 110 cm³/mol. The summed E-state index contributed by atoms with van der Waals surface area (Å²) >= 11 is 6.07. The molecular weight excluding hydrogens is 376 g/mol. The summed E-state index contributed by atoms with van der Waals surface area (Å²) in [5.74, 6) is -0.207. The van der Waals surface area contributed by atoms with Crippen LogP contribution in [0.15, 0.2) is 35.3 Å². The van der Waals surface area contributed by atoms with E-state index in [9.17, 15) is 9.59 Å². The Labute approximate surface area is 167 Å². The van der Waals surface area contributed by atoms with Crippen LogP contribution in [0.5, 0.6) is 0 Å². The van der Waals surface area contributed by atoms with Gasteiger partial charge in [-0.05, 0) is 61.4 Å². The largest absolute Gasteiger partial charge is 0.361 e. The highest BCUT2D eigenvalue weighted by molar-refractivity contribution is 6.31. The van der Waals surface area contributed by atoms with E-state index >= 15 is 0 Å². The van der Waals surface area contributed by atoms with Gasteiger partial charge < -0.3 is 10.3 Å². The maximum Gasteiger partial charge on any atom is 0.267 e. The molecule has 2 heterocycles. The Bertz CT molecular complexity index is 1070. The zero-order valence-electron chi connectivity index (χ0n) is 15.6. The molecule has 0 atom stereocenters. The topological polar surface area (TPSA) is 79.8 Å². The van der Waals surface area contributed by atoms with Crippen molar-refractivity contribution in [2.45, 2.75) is 45.1 Å². The molecule has 1 aromatic carbocycles. The second kappa shape index (κ2) is 8.19. The Morgan fingerprint density at radius 2 is 2.07 bits per heavy atom. The van der Waals surface area contributed by atoms with Crippen LogP contribution in [0.25, 0.3) is 10.9 Å². The van der Waals surface area contributed by atoms with Crippen molar-refractivity contribution in [2.24, 2.45) is 0 Å². The van der Waals surface area contributed by atoms with Gasteiger partial charge in [0.1, 0.15) is 6.54 Å². The number of H-pyrrole nitrogens is 1. The number of nitrogens with one attached hydrogen (secondary N) is 2. The smallest absolute Gasteiger partial charge is 0.267 e. The molecule has 0 saturated heterocycles. The van der Waals surface area contributed by atoms with Crippen molar-refractivity contribution in [3.63, 3.8) is 0 Å². The van der Waals surface area contributed by atoms with Crippen LogP contribution in [0.4, 0.5) is 0 Å². The number of aryl methyl sites for hydroxylation is 2. The van der Waals surface area contributed by atoms with E-state index in [0.717, 1.165) is 59.8 Å². The summed E-state index contributed by atoms with van der Waals surface area (Å²) < 4.78 is 1.28. The number of nitrogens with zero attached hydrogens (tertiary/aromatic N) is 2. The molecule has 0 radical (unpaired) electrons. The maximum absolute atomic E-state index is 12.3. The van der Waals surface area contributed by atoms with E-state index in [-0.39, 0.29) is 18.0 Å². The van der Waals surface area contributed by atoms with Crippen LogP contribution >= 0.6 is 11.6 Å². The zero-order chi connectivity index (χ0) is 19.5. The first-order valence-corrected chi connectivity index (χ1v) is 10.1. The van der Waals surface area contributed by atoms with Gasteiger partial charge in [0.05, 0.1) is 5.69 Å². The Balaban J connectivity index is 1.37. The lowest BCUT2D eigenvalue weighted by molar-refractivity contribution is -0.121. The summed E-state index contributed by atoms with van der Waals surface area (Å²) in [6, 6.07) is 7.35. The molecule has 0 unspecified atom stereocenters. The number of aromatic nitrogens is 3. The van der Waals surface area contributed by atoms with Crippen molar-refractivity contribution >= 4 is 28.4 Å². The minimum Gasteiger partial charge on any atom is -0.361 e. The van der Waals surface area contributed by atoms with E-state index in [2.05, 4.69) is 15.4 Å². The fourth-order valence-corrected chi connectivity index (χ4v) is 3.95. The minimum atomic E-state index is -0.207. The number of carbonyl (C=O) groups is 1. The molecule has 28 heavy (non-hydrogen) atoms. The highest BCUT2D eigenvalue weighted by Gasteiger charge is 2.14. The first-order chi connectivity index (χ1) is 13.6. The van der Waals surface area contributed by atoms with Crippen LogP contribution in [0.3, 0.4) is 0 Å². The zero-order valence-corrected chi connectivity index (χ0v) is 16.4. The maximum atomic E-state index is 12.3. The van der Waals surface area contributed by atoms with Crippen LogP contribution in [0.1, 0.15) is 36.1 Å². The fraction of sp³-hybridized carbons (Fsp3) is 0.381. The highest BCUT2D eigenvalue weighted by atomic mass is 35.5. The Morgan fingerprint density at radius 3 is 2.96 bits per heavy atom. The summed E-state index contributed by atoms with van der Waals surface area (Å²) in [7, 11) is 0. The van der Waals surface area contributed by atoms with Crippen molar-refractivity contribution in [1.29, 1.82) is 0 Å². The Hall–Kier alpha value is -2.60. The van der Waals surface area contributed by atoms with Crippen LogP contribution in [-0.4, -0.2) is 27.2 Å². The minimum absolute atomic E-state index is 0.0498. The summed E-state index contributed by atoms with van der Waals surface area (Å²) in [5, 5.41) is 9.07. The molecule has 0 aliphatic heterocycles. The molecule has 1 amide bonds. The van der Waals surface area contributed by atoms with E-state index in [1.165, 1.54) is 4.68 Å². The van der Waals surface area contributed by atoms with Crippen LogP contribution in [-0.2, 0) is 30.6 Å². The number of rotatable bonds is 5. The number of halogens is 1. The normalized spacial score (nSPS) is 13.9. The van der Waals surface area contributed by atoms with Crippen molar-refractivity contribution in [3.05, 3.63) is 62.7 Å². The van der Waals surface area contributed by atoms with Gasteiger partial charge in [0.15, 0.2) is 0 Å². The Kier molecular flexibility index (Phi) is 5.48. The second-order valence-corrected chi connectivity index (χ2v) is 7.71. The average molecular weight is 399 g/mol. The van der Waals surface area contributed by atoms with Crippen LogP contribution in [0, 0.1) is 0 Å². The SMILES string of the molecule is O=C(Cn1nc2c(cc1=O)CCCCC2)NCCc1c[nH]c2ccc(Cl)cc12. The van der Waals surface area contributed by atoms with Gasteiger partial charge in [0.2, 0.25) is 5.91 Å². The monoisotopic (exact) mass is 398 g/mol. The molecule has 2 N–H and O–H groups in total. The molecule has 0 bridgehead atoms. The third-order valence-electron chi connectivity index (χ3n) is 5.26. The number of hydrogen-bond acceptors (Lipinski definition) is 3. The molecule has 3 aromatic rings. The molecule has 0 spiro atoms. The molecule has 1 aliphatic carbocycles. The number of fused-ring (bicyclic) bond motifs is 2. The first-order valence-electron chi connectivity index (χ1n) is 9.72. The number of amides is 1.